The molecule has 1 aliphatic rings. The molecule has 1 saturated heterocycles. The molecule has 3 nitrogen and oxygen atoms in total. The Balaban J connectivity index is 2.37. The van der Waals surface area contributed by atoms with Gasteiger partial charge in [-0.2, -0.15) is 5.10 Å². The Morgan fingerprint density at radius 2 is 2.12 bits per heavy atom. The number of aryl methyl sites for hydroxylation is 1. The smallest absolute Gasteiger partial charge is 0.0704 e. The van der Waals surface area contributed by atoms with E-state index < -0.39 is 0 Å². The molecule has 0 radical (unpaired) electrons. The van der Waals surface area contributed by atoms with E-state index in [0.29, 0.717) is 5.92 Å². The maximum absolute atomic E-state index is 5.63. The van der Waals surface area contributed by atoms with Crippen molar-refractivity contribution in [3.05, 3.63) is 17.5 Å². The molecule has 0 spiro atoms. The Hall–Kier alpha value is -1.27. The van der Waals surface area contributed by atoms with Gasteiger partial charge in [-0.1, -0.05) is 5.92 Å². The molecule has 0 atom stereocenters. The summed E-state index contributed by atoms with van der Waals surface area (Å²) < 4.78 is 7.28. The van der Waals surface area contributed by atoms with Gasteiger partial charge in [0.15, 0.2) is 0 Å². The summed E-state index contributed by atoms with van der Waals surface area (Å²) in [6.45, 7) is 5.81. The van der Waals surface area contributed by atoms with Crippen molar-refractivity contribution in [1.82, 2.24) is 9.78 Å². The summed E-state index contributed by atoms with van der Waals surface area (Å²) in [7, 11) is 1.96. The molecular formula is C14H20N2O. The van der Waals surface area contributed by atoms with E-state index in [-0.39, 0.29) is 5.41 Å². The van der Waals surface area contributed by atoms with E-state index in [2.05, 4.69) is 31.1 Å². The molecule has 17 heavy (non-hydrogen) atoms. The Bertz CT molecular complexity index is 434. The Kier molecular flexibility index (Phi) is 3.26. The minimum Gasteiger partial charge on any atom is -0.381 e. The molecule has 0 aromatic carbocycles. The summed E-state index contributed by atoms with van der Waals surface area (Å²) >= 11 is 0. The first kappa shape index (κ1) is 12.2. The van der Waals surface area contributed by atoms with Gasteiger partial charge in [0.25, 0.3) is 0 Å². The van der Waals surface area contributed by atoms with E-state index in [4.69, 9.17) is 11.2 Å². The average molecular weight is 232 g/mol. The molecule has 1 aliphatic heterocycles. The Morgan fingerprint density at radius 3 is 2.71 bits per heavy atom. The fourth-order valence-electron chi connectivity index (χ4n) is 2.34. The lowest BCUT2D eigenvalue weighted by molar-refractivity contribution is 0.0841. The zero-order valence-corrected chi connectivity index (χ0v) is 10.9. The molecule has 0 saturated carbocycles. The summed E-state index contributed by atoms with van der Waals surface area (Å²) in [5.41, 5.74) is 2.11. The van der Waals surface area contributed by atoms with Crippen molar-refractivity contribution in [3.8, 4) is 12.3 Å². The lowest BCUT2D eigenvalue weighted by Crippen LogP contribution is -2.20. The molecule has 2 rings (SSSR count). The zero-order valence-electron chi connectivity index (χ0n) is 10.9. The number of terminal acetylenes is 1. The van der Waals surface area contributed by atoms with Crippen LogP contribution < -0.4 is 0 Å². The molecular weight excluding hydrogens is 212 g/mol. The average Bonchev–Trinajstić information content (AvgIpc) is 2.73. The van der Waals surface area contributed by atoms with E-state index in [9.17, 15) is 0 Å². The third kappa shape index (κ3) is 2.37. The quantitative estimate of drug-likeness (QED) is 0.731. The molecule has 1 aromatic heterocycles. The van der Waals surface area contributed by atoms with Crippen LogP contribution >= 0.6 is 0 Å². The van der Waals surface area contributed by atoms with Gasteiger partial charge in [-0.15, -0.1) is 6.42 Å². The van der Waals surface area contributed by atoms with Crippen molar-refractivity contribution in [2.75, 3.05) is 13.2 Å². The fraction of sp³-hybridized carbons (Fsp3) is 0.643. The van der Waals surface area contributed by atoms with Gasteiger partial charge in [0.05, 0.1) is 11.1 Å². The van der Waals surface area contributed by atoms with Crippen LogP contribution in [0.2, 0.25) is 0 Å². The molecule has 1 aromatic rings. The van der Waals surface area contributed by atoms with Crippen molar-refractivity contribution >= 4 is 0 Å². The van der Waals surface area contributed by atoms with Crippen LogP contribution in [0.5, 0.6) is 0 Å². The first-order chi connectivity index (χ1) is 8.04. The lowest BCUT2D eigenvalue weighted by Gasteiger charge is -2.25. The minimum atomic E-state index is -0.248. The highest BCUT2D eigenvalue weighted by molar-refractivity contribution is 5.36. The van der Waals surface area contributed by atoms with Gasteiger partial charge < -0.3 is 4.74 Å². The predicted molar refractivity (Wildman–Crippen MR) is 67.9 cm³/mol. The molecule has 92 valence electrons. The third-order valence-corrected chi connectivity index (χ3v) is 3.50. The summed E-state index contributed by atoms with van der Waals surface area (Å²) in [4.78, 5) is 0. The highest BCUT2D eigenvalue weighted by Crippen LogP contribution is 2.34. The van der Waals surface area contributed by atoms with Crippen LogP contribution in [-0.2, 0) is 17.2 Å². The lowest BCUT2D eigenvalue weighted by atomic mass is 9.81. The van der Waals surface area contributed by atoms with Crippen LogP contribution in [0.1, 0.15) is 43.9 Å². The highest BCUT2D eigenvalue weighted by Gasteiger charge is 2.29. The van der Waals surface area contributed by atoms with Crippen molar-refractivity contribution < 1.29 is 4.74 Å². The second-order valence-electron chi connectivity index (χ2n) is 5.26. The molecule has 0 aliphatic carbocycles. The Labute approximate surface area is 103 Å². The van der Waals surface area contributed by atoms with E-state index in [1.54, 1.807) is 0 Å². The van der Waals surface area contributed by atoms with Crippen molar-refractivity contribution in [2.24, 2.45) is 7.05 Å². The van der Waals surface area contributed by atoms with E-state index >= 15 is 0 Å². The molecule has 0 bridgehead atoms. The Morgan fingerprint density at radius 1 is 1.47 bits per heavy atom. The van der Waals surface area contributed by atoms with Crippen LogP contribution in [0, 0.1) is 12.3 Å². The van der Waals surface area contributed by atoms with Crippen molar-refractivity contribution in [2.45, 2.75) is 38.0 Å². The maximum Gasteiger partial charge on any atom is 0.0704 e. The minimum absolute atomic E-state index is 0.248. The van der Waals surface area contributed by atoms with Crippen LogP contribution in [0.4, 0.5) is 0 Å². The molecule has 0 amide bonds. The van der Waals surface area contributed by atoms with Crippen LogP contribution in [0.3, 0.4) is 0 Å². The predicted octanol–water partition coefficient (Wildman–Crippen LogP) is 2.22. The first-order valence-electron chi connectivity index (χ1n) is 6.14. The van der Waals surface area contributed by atoms with Gasteiger partial charge in [0.2, 0.25) is 0 Å². The topological polar surface area (TPSA) is 27.1 Å². The SMILES string of the molecule is C#CC(C)(C)c1cn(C)nc1C1CCOCC1. The monoisotopic (exact) mass is 232 g/mol. The summed E-state index contributed by atoms with van der Waals surface area (Å²) in [5, 5.41) is 4.61. The molecule has 0 unspecified atom stereocenters. The second kappa shape index (κ2) is 4.54. The normalized spacial score (nSPS) is 18.0. The van der Waals surface area contributed by atoms with Crippen LogP contribution in [-0.4, -0.2) is 23.0 Å². The number of aromatic nitrogens is 2. The zero-order chi connectivity index (χ0) is 12.5. The molecule has 0 N–H and O–H groups in total. The van der Waals surface area contributed by atoms with Crippen LogP contribution in [0.25, 0.3) is 0 Å². The van der Waals surface area contributed by atoms with Gasteiger partial charge in [0, 0.05) is 37.9 Å². The third-order valence-electron chi connectivity index (χ3n) is 3.50. The van der Waals surface area contributed by atoms with Gasteiger partial charge in [-0.3, -0.25) is 4.68 Å². The first-order valence-corrected chi connectivity index (χ1v) is 6.14. The second-order valence-corrected chi connectivity index (χ2v) is 5.26. The summed E-state index contributed by atoms with van der Waals surface area (Å²) in [6.07, 6.45) is 9.79. The number of ether oxygens (including phenoxy) is 1. The standard InChI is InChI=1S/C14H20N2O/c1-5-14(2,3)12-10-16(4)15-13(12)11-6-8-17-9-7-11/h1,10-11H,6-9H2,2-4H3. The fourth-order valence-corrected chi connectivity index (χ4v) is 2.34. The number of hydrogen-bond acceptors (Lipinski definition) is 2. The van der Waals surface area contributed by atoms with Crippen molar-refractivity contribution in [3.63, 3.8) is 0 Å². The van der Waals surface area contributed by atoms with E-state index in [1.807, 2.05) is 11.7 Å². The van der Waals surface area contributed by atoms with Gasteiger partial charge in [-0.25, -0.2) is 0 Å². The van der Waals surface area contributed by atoms with E-state index in [0.717, 1.165) is 26.1 Å². The molecule has 1 fully saturated rings. The number of rotatable bonds is 2. The molecule has 3 heteroatoms. The van der Waals surface area contributed by atoms with E-state index in [1.165, 1.54) is 11.3 Å². The molecule has 2 heterocycles. The number of nitrogens with zero attached hydrogens (tertiary/aromatic N) is 2. The van der Waals surface area contributed by atoms with Gasteiger partial charge in [0.1, 0.15) is 0 Å². The van der Waals surface area contributed by atoms with Gasteiger partial charge >= 0.3 is 0 Å². The van der Waals surface area contributed by atoms with Crippen molar-refractivity contribution in [1.29, 1.82) is 0 Å². The van der Waals surface area contributed by atoms with Gasteiger partial charge in [-0.05, 0) is 26.7 Å². The largest absolute Gasteiger partial charge is 0.381 e. The number of hydrogen-bond donors (Lipinski definition) is 0. The summed E-state index contributed by atoms with van der Waals surface area (Å²) in [5.74, 6) is 3.36. The highest BCUT2D eigenvalue weighted by atomic mass is 16.5. The van der Waals surface area contributed by atoms with Crippen LogP contribution in [0.15, 0.2) is 6.20 Å². The maximum atomic E-state index is 5.63. The summed E-state index contributed by atoms with van der Waals surface area (Å²) in [6, 6.07) is 0.